The molecule has 2 aromatic rings. The van der Waals surface area contributed by atoms with Crippen molar-refractivity contribution in [1.29, 1.82) is 5.26 Å². The molecule has 0 aromatic heterocycles. The lowest BCUT2D eigenvalue weighted by Gasteiger charge is -2.30. The van der Waals surface area contributed by atoms with Crippen molar-refractivity contribution in [2.24, 2.45) is 0 Å². The molecule has 1 aliphatic heterocycles. The second kappa shape index (κ2) is 7.29. The number of hydrogen-bond donors (Lipinski definition) is 1. The SMILES string of the molecule is N#Cc1ccc(O[C@H]2c3cc(Cl)cc(Cl)c3C[C@@H]2N2CCC(O)C2)c(F)c1. The number of ether oxygens (including phenoxy) is 1. The van der Waals surface area contributed by atoms with Crippen LogP contribution < -0.4 is 4.74 Å². The van der Waals surface area contributed by atoms with Crippen molar-refractivity contribution < 1.29 is 14.2 Å². The number of aliphatic hydroxyl groups excluding tert-OH is 1. The first-order valence-electron chi connectivity index (χ1n) is 8.72. The van der Waals surface area contributed by atoms with Gasteiger partial charge in [0.15, 0.2) is 11.6 Å². The van der Waals surface area contributed by atoms with Gasteiger partial charge in [-0.25, -0.2) is 4.39 Å². The Morgan fingerprint density at radius 2 is 2.07 bits per heavy atom. The van der Waals surface area contributed by atoms with Crippen molar-refractivity contribution >= 4 is 23.2 Å². The third-order valence-corrected chi connectivity index (χ3v) is 5.80. The fourth-order valence-corrected chi connectivity index (χ4v) is 4.54. The van der Waals surface area contributed by atoms with Crippen molar-refractivity contribution in [2.45, 2.75) is 31.1 Å². The lowest BCUT2D eigenvalue weighted by molar-refractivity contribution is 0.0790. The van der Waals surface area contributed by atoms with Crippen LogP contribution in [-0.2, 0) is 6.42 Å². The first kappa shape index (κ1) is 18.5. The van der Waals surface area contributed by atoms with Gasteiger partial charge in [-0.15, -0.1) is 0 Å². The van der Waals surface area contributed by atoms with E-state index in [1.54, 1.807) is 6.07 Å². The predicted molar refractivity (Wildman–Crippen MR) is 101 cm³/mol. The highest BCUT2D eigenvalue weighted by Gasteiger charge is 2.41. The maximum atomic E-state index is 14.4. The molecule has 27 heavy (non-hydrogen) atoms. The van der Waals surface area contributed by atoms with Gasteiger partial charge in [-0.05, 0) is 48.7 Å². The topological polar surface area (TPSA) is 56.5 Å². The Bertz CT molecular complexity index is 931. The minimum absolute atomic E-state index is 0.0766. The average Bonchev–Trinajstić information content (AvgIpc) is 3.21. The molecular weight excluding hydrogens is 390 g/mol. The number of benzene rings is 2. The number of hydrogen-bond acceptors (Lipinski definition) is 4. The molecule has 1 unspecified atom stereocenters. The Labute approximate surface area is 166 Å². The summed E-state index contributed by atoms with van der Waals surface area (Å²) in [5.74, 6) is -0.511. The second-order valence-corrected chi connectivity index (χ2v) is 7.80. The zero-order valence-electron chi connectivity index (χ0n) is 14.3. The molecule has 1 aliphatic carbocycles. The smallest absolute Gasteiger partial charge is 0.166 e. The van der Waals surface area contributed by atoms with E-state index < -0.39 is 11.9 Å². The molecule has 0 spiro atoms. The summed E-state index contributed by atoms with van der Waals surface area (Å²) in [6.45, 7) is 1.28. The van der Waals surface area contributed by atoms with Gasteiger partial charge in [-0.1, -0.05) is 23.2 Å². The fraction of sp³-hybridized carbons (Fsp3) is 0.350. The molecule has 140 valence electrons. The quantitative estimate of drug-likeness (QED) is 0.832. The van der Waals surface area contributed by atoms with Crippen LogP contribution in [0, 0.1) is 17.1 Å². The van der Waals surface area contributed by atoms with Crippen LogP contribution in [0.5, 0.6) is 5.75 Å². The Kier molecular flexibility index (Phi) is 5.00. The Hall–Kier alpha value is -1.84. The summed E-state index contributed by atoms with van der Waals surface area (Å²) in [5, 5.41) is 19.9. The molecular formula is C20H17Cl2FN2O2. The lowest BCUT2D eigenvalue weighted by atomic mass is 10.1. The highest BCUT2D eigenvalue weighted by molar-refractivity contribution is 6.35. The highest BCUT2D eigenvalue weighted by Crippen LogP contribution is 2.43. The highest BCUT2D eigenvalue weighted by atomic mass is 35.5. The first-order valence-corrected chi connectivity index (χ1v) is 9.48. The van der Waals surface area contributed by atoms with E-state index in [1.165, 1.54) is 12.1 Å². The zero-order valence-corrected chi connectivity index (χ0v) is 15.8. The summed E-state index contributed by atoms with van der Waals surface area (Å²) in [7, 11) is 0. The standard InChI is InChI=1S/C20H17Cl2FN2O2/c21-12-6-15-14(16(22)7-12)8-18(25-4-3-13(26)10-25)20(15)27-19-2-1-11(9-24)5-17(19)23/h1-2,5-7,13,18,20,26H,3-4,8,10H2/t13?,18-,20-/m0/s1. The minimum atomic E-state index is -0.587. The van der Waals surface area contributed by atoms with Gasteiger partial charge in [0, 0.05) is 28.7 Å². The van der Waals surface area contributed by atoms with Crippen LogP contribution >= 0.6 is 23.2 Å². The Morgan fingerprint density at radius 1 is 1.26 bits per heavy atom. The van der Waals surface area contributed by atoms with Crippen LogP contribution in [0.2, 0.25) is 10.0 Å². The number of aliphatic hydroxyl groups is 1. The normalized spacial score (nSPS) is 24.6. The summed E-state index contributed by atoms with van der Waals surface area (Å²) >= 11 is 12.6. The van der Waals surface area contributed by atoms with Gasteiger partial charge in [-0.3, -0.25) is 4.90 Å². The van der Waals surface area contributed by atoms with E-state index in [4.69, 9.17) is 33.2 Å². The molecule has 2 aliphatic rings. The van der Waals surface area contributed by atoms with E-state index in [-0.39, 0.29) is 23.5 Å². The third-order valence-electron chi connectivity index (χ3n) is 5.24. The van der Waals surface area contributed by atoms with Gasteiger partial charge in [-0.2, -0.15) is 5.26 Å². The van der Waals surface area contributed by atoms with Crippen LogP contribution in [0.15, 0.2) is 30.3 Å². The molecule has 4 nitrogen and oxygen atoms in total. The zero-order chi connectivity index (χ0) is 19.1. The van der Waals surface area contributed by atoms with E-state index in [0.29, 0.717) is 29.4 Å². The summed E-state index contributed by atoms with van der Waals surface area (Å²) in [6.07, 6.45) is 0.490. The number of likely N-dealkylation sites (tertiary alicyclic amines) is 1. The number of fused-ring (bicyclic) bond motifs is 1. The molecule has 1 heterocycles. The maximum absolute atomic E-state index is 14.4. The van der Waals surface area contributed by atoms with Crippen LogP contribution in [0.1, 0.15) is 29.2 Å². The van der Waals surface area contributed by atoms with E-state index in [1.807, 2.05) is 12.1 Å². The largest absolute Gasteiger partial charge is 0.481 e. The minimum Gasteiger partial charge on any atom is -0.481 e. The van der Waals surface area contributed by atoms with Crippen molar-refractivity contribution in [2.75, 3.05) is 13.1 Å². The molecule has 1 saturated heterocycles. The van der Waals surface area contributed by atoms with E-state index in [9.17, 15) is 9.50 Å². The number of nitriles is 1. The Balaban J connectivity index is 1.71. The average molecular weight is 407 g/mol. The van der Waals surface area contributed by atoms with E-state index in [0.717, 1.165) is 23.7 Å². The molecule has 0 saturated carbocycles. The fourth-order valence-electron chi connectivity index (χ4n) is 3.95. The molecule has 3 atom stereocenters. The molecule has 0 bridgehead atoms. The van der Waals surface area contributed by atoms with Gasteiger partial charge >= 0.3 is 0 Å². The van der Waals surface area contributed by atoms with Crippen LogP contribution in [0.3, 0.4) is 0 Å². The summed E-state index contributed by atoms with van der Waals surface area (Å²) in [5.41, 5.74) is 2.01. The number of halogens is 3. The molecule has 4 rings (SSSR count). The van der Waals surface area contributed by atoms with E-state index in [2.05, 4.69) is 4.90 Å². The van der Waals surface area contributed by atoms with Crippen LogP contribution in [-0.4, -0.2) is 35.2 Å². The number of rotatable bonds is 3. The summed E-state index contributed by atoms with van der Waals surface area (Å²) in [4.78, 5) is 2.15. The van der Waals surface area contributed by atoms with Gasteiger partial charge in [0.25, 0.3) is 0 Å². The molecule has 0 amide bonds. The Morgan fingerprint density at radius 3 is 2.74 bits per heavy atom. The van der Waals surface area contributed by atoms with Gasteiger partial charge in [0.05, 0.1) is 23.8 Å². The molecule has 7 heteroatoms. The monoisotopic (exact) mass is 406 g/mol. The molecule has 1 N–H and O–H groups in total. The third kappa shape index (κ3) is 3.51. The molecule has 2 aromatic carbocycles. The van der Waals surface area contributed by atoms with Gasteiger partial charge in [0.1, 0.15) is 6.10 Å². The van der Waals surface area contributed by atoms with Crippen LogP contribution in [0.25, 0.3) is 0 Å². The van der Waals surface area contributed by atoms with Crippen molar-refractivity contribution in [3.8, 4) is 11.8 Å². The first-order chi connectivity index (χ1) is 13.0. The molecule has 1 fully saturated rings. The molecule has 0 radical (unpaired) electrons. The van der Waals surface area contributed by atoms with Crippen molar-refractivity contribution in [3.05, 3.63) is 62.9 Å². The number of nitrogens with zero attached hydrogens (tertiary/aromatic N) is 2. The lowest BCUT2D eigenvalue weighted by Crippen LogP contribution is -2.39. The summed E-state index contributed by atoms with van der Waals surface area (Å²) in [6, 6.07) is 9.48. The maximum Gasteiger partial charge on any atom is 0.166 e. The summed E-state index contributed by atoms with van der Waals surface area (Å²) < 4.78 is 20.5. The van der Waals surface area contributed by atoms with Crippen molar-refractivity contribution in [3.63, 3.8) is 0 Å². The van der Waals surface area contributed by atoms with Gasteiger partial charge < -0.3 is 9.84 Å². The predicted octanol–water partition coefficient (Wildman–Crippen LogP) is 4.12. The van der Waals surface area contributed by atoms with Gasteiger partial charge in [0.2, 0.25) is 0 Å². The van der Waals surface area contributed by atoms with Crippen molar-refractivity contribution in [1.82, 2.24) is 4.90 Å². The van der Waals surface area contributed by atoms with E-state index >= 15 is 0 Å². The van der Waals surface area contributed by atoms with Crippen LogP contribution in [0.4, 0.5) is 4.39 Å². The second-order valence-electron chi connectivity index (χ2n) is 6.96. The number of β-amino-alcohol motifs (C(OH)–C–C–N with tert-alkyl or cyclic N) is 1.